The molecule has 164 valence electrons. The molecule has 0 unspecified atom stereocenters. The van der Waals surface area contributed by atoms with Gasteiger partial charge in [0.15, 0.2) is 5.76 Å². The van der Waals surface area contributed by atoms with E-state index < -0.39 is 0 Å². The summed E-state index contributed by atoms with van der Waals surface area (Å²) in [6.07, 6.45) is 7.08. The van der Waals surface area contributed by atoms with Crippen molar-refractivity contribution >= 4 is 5.95 Å². The van der Waals surface area contributed by atoms with Crippen molar-refractivity contribution in [2.24, 2.45) is 0 Å². The lowest BCUT2D eigenvalue weighted by atomic mass is 10.0. The Kier molecular flexibility index (Phi) is 6.83. The maximum Gasteiger partial charge on any atom is 0.223 e. The molecular formula is C22H29N7O2. The highest BCUT2D eigenvalue weighted by Crippen LogP contribution is 2.33. The first-order chi connectivity index (χ1) is 15.2. The molecule has 4 heterocycles. The lowest BCUT2D eigenvalue weighted by molar-refractivity contribution is 0.0378. The molecule has 1 N–H and O–H groups in total. The van der Waals surface area contributed by atoms with Crippen LogP contribution in [-0.4, -0.2) is 69.4 Å². The zero-order valence-corrected chi connectivity index (χ0v) is 18.4. The average Bonchev–Trinajstić information content (AvgIpc) is 3.18. The molecule has 31 heavy (non-hydrogen) atoms. The van der Waals surface area contributed by atoms with Gasteiger partial charge in [0.05, 0.1) is 36.4 Å². The predicted molar refractivity (Wildman–Crippen MR) is 118 cm³/mol. The van der Waals surface area contributed by atoms with Crippen molar-refractivity contribution in [1.29, 1.82) is 0 Å². The summed E-state index contributed by atoms with van der Waals surface area (Å²) >= 11 is 0. The molecule has 3 aromatic rings. The summed E-state index contributed by atoms with van der Waals surface area (Å²) < 4.78 is 11.1. The second kappa shape index (κ2) is 9.93. The van der Waals surface area contributed by atoms with E-state index in [4.69, 9.17) is 14.2 Å². The van der Waals surface area contributed by atoms with Gasteiger partial charge >= 0.3 is 0 Å². The number of aromatic nitrogens is 5. The second-order valence-corrected chi connectivity index (χ2v) is 7.66. The molecule has 0 bridgehead atoms. The summed E-state index contributed by atoms with van der Waals surface area (Å²) in [6, 6.07) is 0. The molecule has 1 aliphatic rings. The fourth-order valence-corrected chi connectivity index (χ4v) is 3.69. The quantitative estimate of drug-likeness (QED) is 0.548. The number of morpholine rings is 1. The first kappa shape index (κ1) is 21.3. The molecule has 1 aliphatic heterocycles. The Labute approximate surface area is 182 Å². The van der Waals surface area contributed by atoms with Gasteiger partial charge in [0.2, 0.25) is 5.95 Å². The number of hydrogen-bond donors (Lipinski definition) is 1. The number of nitrogens with zero attached hydrogens (tertiary/aromatic N) is 6. The van der Waals surface area contributed by atoms with Crippen LogP contribution in [0.5, 0.6) is 0 Å². The third-order valence-electron chi connectivity index (χ3n) is 5.43. The molecule has 0 radical (unpaired) electrons. The Morgan fingerprint density at radius 2 is 1.90 bits per heavy atom. The molecule has 4 rings (SSSR count). The molecule has 0 amide bonds. The Hall–Kier alpha value is -2.91. The standard InChI is InChI=1S/C22H29N7O2/c1-4-17-16(3)28-31-21(17)18-13-26-22(23-6-5-7-29-8-10-30-11-9-29)27-20(18)19-14-24-15(2)12-25-19/h12-14H,4-11H2,1-3H3,(H,23,26,27). The highest BCUT2D eigenvalue weighted by atomic mass is 16.5. The fraction of sp³-hybridized carbons (Fsp3) is 0.500. The Balaban J connectivity index is 1.55. The van der Waals surface area contributed by atoms with Crippen molar-refractivity contribution in [3.63, 3.8) is 0 Å². The van der Waals surface area contributed by atoms with Gasteiger partial charge < -0.3 is 14.6 Å². The zero-order valence-electron chi connectivity index (χ0n) is 18.4. The number of aryl methyl sites for hydroxylation is 2. The monoisotopic (exact) mass is 423 g/mol. The first-order valence-electron chi connectivity index (χ1n) is 10.8. The predicted octanol–water partition coefficient (Wildman–Crippen LogP) is 2.90. The Morgan fingerprint density at radius 3 is 2.65 bits per heavy atom. The van der Waals surface area contributed by atoms with Gasteiger partial charge in [-0.1, -0.05) is 12.1 Å². The van der Waals surface area contributed by atoms with Crippen LogP contribution >= 0.6 is 0 Å². The van der Waals surface area contributed by atoms with Gasteiger partial charge in [-0.05, 0) is 33.2 Å². The van der Waals surface area contributed by atoms with E-state index in [1.807, 2.05) is 13.8 Å². The minimum atomic E-state index is 0.567. The lowest BCUT2D eigenvalue weighted by Crippen LogP contribution is -2.37. The minimum Gasteiger partial charge on any atom is -0.379 e. The van der Waals surface area contributed by atoms with Crippen LogP contribution < -0.4 is 5.32 Å². The summed E-state index contributed by atoms with van der Waals surface area (Å²) in [6.45, 7) is 11.4. The topological polar surface area (TPSA) is 102 Å². The molecular weight excluding hydrogens is 394 g/mol. The van der Waals surface area contributed by atoms with E-state index in [0.29, 0.717) is 23.1 Å². The SMILES string of the molecule is CCc1c(C)noc1-c1cnc(NCCCN2CCOCC2)nc1-c1cnc(C)cn1. The molecule has 9 heteroatoms. The molecule has 9 nitrogen and oxygen atoms in total. The lowest BCUT2D eigenvalue weighted by Gasteiger charge is -2.26. The molecule has 1 saturated heterocycles. The molecule has 0 saturated carbocycles. The van der Waals surface area contributed by atoms with E-state index in [0.717, 1.165) is 74.7 Å². The van der Waals surface area contributed by atoms with Crippen LogP contribution in [0.15, 0.2) is 23.1 Å². The number of hydrogen-bond acceptors (Lipinski definition) is 9. The van der Waals surface area contributed by atoms with Crippen molar-refractivity contribution < 1.29 is 9.26 Å². The van der Waals surface area contributed by atoms with Crippen molar-refractivity contribution in [2.75, 3.05) is 44.7 Å². The maximum absolute atomic E-state index is 5.65. The smallest absolute Gasteiger partial charge is 0.223 e. The van der Waals surface area contributed by atoms with Gasteiger partial charge in [0, 0.05) is 37.6 Å². The van der Waals surface area contributed by atoms with Gasteiger partial charge in [-0.2, -0.15) is 0 Å². The number of nitrogens with one attached hydrogen (secondary N) is 1. The third-order valence-corrected chi connectivity index (χ3v) is 5.43. The third kappa shape index (κ3) is 5.05. The van der Waals surface area contributed by atoms with Crippen LogP contribution in [0.4, 0.5) is 5.95 Å². The van der Waals surface area contributed by atoms with Gasteiger partial charge in [0.1, 0.15) is 11.4 Å². The minimum absolute atomic E-state index is 0.567. The van der Waals surface area contributed by atoms with E-state index >= 15 is 0 Å². The van der Waals surface area contributed by atoms with E-state index in [2.05, 4.69) is 37.2 Å². The molecule has 0 aromatic carbocycles. The Bertz CT molecular complexity index is 998. The van der Waals surface area contributed by atoms with Crippen molar-refractivity contribution in [1.82, 2.24) is 30.0 Å². The van der Waals surface area contributed by atoms with Crippen LogP contribution in [-0.2, 0) is 11.2 Å². The number of ether oxygens (including phenoxy) is 1. The van der Waals surface area contributed by atoms with Crippen LogP contribution in [0.25, 0.3) is 22.7 Å². The molecule has 0 aliphatic carbocycles. The van der Waals surface area contributed by atoms with Crippen molar-refractivity contribution in [3.8, 4) is 22.7 Å². The van der Waals surface area contributed by atoms with Gasteiger partial charge in [-0.3, -0.25) is 14.9 Å². The summed E-state index contributed by atoms with van der Waals surface area (Å²) in [5, 5.41) is 7.49. The van der Waals surface area contributed by atoms with Crippen LogP contribution in [0.2, 0.25) is 0 Å². The highest BCUT2D eigenvalue weighted by Gasteiger charge is 2.21. The summed E-state index contributed by atoms with van der Waals surface area (Å²) in [4.78, 5) is 20.6. The van der Waals surface area contributed by atoms with Crippen molar-refractivity contribution in [2.45, 2.75) is 33.6 Å². The van der Waals surface area contributed by atoms with Crippen LogP contribution in [0.1, 0.15) is 30.3 Å². The van der Waals surface area contributed by atoms with E-state index in [1.54, 1.807) is 18.6 Å². The van der Waals surface area contributed by atoms with Gasteiger partial charge in [-0.25, -0.2) is 9.97 Å². The van der Waals surface area contributed by atoms with E-state index in [9.17, 15) is 0 Å². The summed E-state index contributed by atoms with van der Waals surface area (Å²) in [5.74, 6) is 1.26. The zero-order chi connectivity index (χ0) is 21.6. The second-order valence-electron chi connectivity index (χ2n) is 7.66. The first-order valence-corrected chi connectivity index (χ1v) is 10.8. The van der Waals surface area contributed by atoms with Gasteiger partial charge in [-0.15, -0.1) is 0 Å². The maximum atomic E-state index is 5.65. The number of anilines is 1. The van der Waals surface area contributed by atoms with E-state index in [1.165, 1.54) is 0 Å². The van der Waals surface area contributed by atoms with E-state index in [-0.39, 0.29) is 0 Å². The highest BCUT2D eigenvalue weighted by molar-refractivity contribution is 5.78. The molecule has 1 fully saturated rings. The molecule has 0 atom stereocenters. The van der Waals surface area contributed by atoms with Crippen molar-refractivity contribution in [3.05, 3.63) is 35.5 Å². The largest absolute Gasteiger partial charge is 0.379 e. The number of rotatable bonds is 8. The summed E-state index contributed by atoms with van der Waals surface area (Å²) in [5.41, 5.74) is 4.92. The normalized spacial score (nSPS) is 14.7. The van der Waals surface area contributed by atoms with Crippen LogP contribution in [0.3, 0.4) is 0 Å². The van der Waals surface area contributed by atoms with Gasteiger partial charge in [0.25, 0.3) is 0 Å². The van der Waals surface area contributed by atoms with Crippen LogP contribution in [0, 0.1) is 13.8 Å². The fourth-order valence-electron chi connectivity index (χ4n) is 3.69. The summed E-state index contributed by atoms with van der Waals surface area (Å²) in [7, 11) is 0. The Morgan fingerprint density at radius 1 is 1.06 bits per heavy atom. The average molecular weight is 424 g/mol. The molecule has 0 spiro atoms. The molecule has 3 aromatic heterocycles.